The molecule has 0 radical (unpaired) electrons. The summed E-state index contributed by atoms with van der Waals surface area (Å²) in [4.78, 5) is 16.0. The summed E-state index contributed by atoms with van der Waals surface area (Å²) in [5.41, 5.74) is 2.60. The average molecular weight is 541 g/mol. The zero-order valence-corrected chi connectivity index (χ0v) is 21.1. The molecular weight excluding hydrogens is 507 g/mol. The van der Waals surface area contributed by atoms with E-state index in [2.05, 4.69) is 9.80 Å². The van der Waals surface area contributed by atoms with E-state index in [4.69, 9.17) is 9.84 Å². The molecule has 0 aromatic heterocycles. The summed E-state index contributed by atoms with van der Waals surface area (Å²) in [6, 6.07) is 15.9. The Labute approximate surface area is 219 Å². The molecule has 0 unspecified atom stereocenters. The van der Waals surface area contributed by atoms with Crippen LogP contribution in [-0.2, 0) is 13.1 Å². The van der Waals surface area contributed by atoms with Crippen LogP contribution in [0.2, 0.25) is 0 Å². The molecule has 2 aromatic rings. The van der Waals surface area contributed by atoms with Crippen molar-refractivity contribution in [1.82, 2.24) is 9.80 Å². The number of ether oxygens (including phenoxy) is 1. The largest absolute Gasteiger partial charge is 0.494 e. The Balaban J connectivity index is 1.12. The Morgan fingerprint density at radius 1 is 0.816 bits per heavy atom. The van der Waals surface area contributed by atoms with Crippen molar-refractivity contribution in [3.05, 3.63) is 65.2 Å². The third-order valence-corrected chi connectivity index (χ3v) is 7.43. The number of alkyl halides is 5. The van der Waals surface area contributed by atoms with Gasteiger partial charge in [0.1, 0.15) is 5.75 Å². The molecule has 0 amide bonds. The van der Waals surface area contributed by atoms with Gasteiger partial charge in [-0.15, -0.1) is 0 Å². The van der Waals surface area contributed by atoms with Gasteiger partial charge in [0.15, 0.2) is 0 Å². The lowest BCUT2D eigenvalue weighted by Crippen LogP contribution is -2.45. The maximum absolute atomic E-state index is 12.9. The minimum Gasteiger partial charge on any atom is -0.494 e. The predicted octanol–water partition coefficient (Wildman–Crippen LogP) is 6.37. The second kappa shape index (κ2) is 12.0. The molecule has 2 fully saturated rings. The minimum absolute atomic E-state index is 0.169. The molecule has 1 N–H and O–H groups in total. The third-order valence-electron chi connectivity index (χ3n) is 7.43. The molecule has 2 aromatic carbocycles. The van der Waals surface area contributed by atoms with Gasteiger partial charge in [0.2, 0.25) is 0 Å². The van der Waals surface area contributed by atoms with E-state index in [1.807, 2.05) is 36.4 Å². The molecule has 0 aliphatic carbocycles. The van der Waals surface area contributed by atoms with Crippen LogP contribution in [0.3, 0.4) is 0 Å². The number of likely N-dealkylation sites (tertiary alicyclic amines) is 2. The number of hydrogen-bond donors (Lipinski definition) is 1. The number of nitrogens with zero attached hydrogens (tertiary/aromatic N) is 2. The van der Waals surface area contributed by atoms with Gasteiger partial charge in [0.05, 0.1) is 12.2 Å². The molecule has 2 heterocycles. The Bertz CT molecular complexity index is 1060. The highest BCUT2D eigenvalue weighted by Gasteiger charge is 2.56. The Hall–Kier alpha value is -2.72. The van der Waals surface area contributed by atoms with E-state index < -0.39 is 24.5 Å². The van der Waals surface area contributed by atoms with Crippen LogP contribution in [0.25, 0.3) is 0 Å². The lowest BCUT2D eigenvalue weighted by atomic mass is 10.1. The van der Waals surface area contributed by atoms with Crippen LogP contribution in [0.15, 0.2) is 48.5 Å². The fraction of sp³-hybridized carbons (Fsp3) is 0.536. The van der Waals surface area contributed by atoms with Gasteiger partial charge in [-0.2, -0.15) is 22.0 Å². The topological polar surface area (TPSA) is 53.0 Å². The molecule has 2 aliphatic rings. The number of carboxylic acids is 1. The molecule has 2 saturated heterocycles. The highest BCUT2D eigenvalue weighted by atomic mass is 19.4. The van der Waals surface area contributed by atoms with Crippen LogP contribution in [0, 0.1) is 0 Å². The maximum Gasteiger partial charge on any atom is 0.453 e. The predicted molar refractivity (Wildman–Crippen MR) is 132 cm³/mol. The summed E-state index contributed by atoms with van der Waals surface area (Å²) in [5, 5.41) is 9.06. The second-order valence-corrected chi connectivity index (χ2v) is 10.3. The van der Waals surface area contributed by atoms with Crippen molar-refractivity contribution < 1.29 is 36.6 Å². The monoisotopic (exact) mass is 540 g/mol. The summed E-state index contributed by atoms with van der Waals surface area (Å²) in [5.74, 6) is -4.82. The third kappa shape index (κ3) is 7.22. The molecule has 4 rings (SSSR count). The van der Waals surface area contributed by atoms with Gasteiger partial charge < -0.3 is 9.84 Å². The summed E-state index contributed by atoms with van der Waals surface area (Å²) in [7, 11) is 0. The number of halogens is 5. The van der Waals surface area contributed by atoms with Crippen molar-refractivity contribution in [2.45, 2.75) is 75.8 Å². The number of aromatic carboxylic acids is 1. The fourth-order valence-electron chi connectivity index (χ4n) is 5.27. The summed E-state index contributed by atoms with van der Waals surface area (Å²) in [6.45, 7) is 4.04. The van der Waals surface area contributed by atoms with E-state index in [1.165, 1.54) is 5.56 Å². The summed E-state index contributed by atoms with van der Waals surface area (Å²) < 4.78 is 68.0. The first-order valence-corrected chi connectivity index (χ1v) is 13.0. The van der Waals surface area contributed by atoms with Crippen molar-refractivity contribution in [3.8, 4) is 5.75 Å². The first-order valence-electron chi connectivity index (χ1n) is 13.0. The highest BCUT2D eigenvalue weighted by molar-refractivity contribution is 5.87. The molecule has 208 valence electrons. The lowest BCUT2D eigenvalue weighted by Gasteiger charge is -2.34. The van der Waals surface area contributed by atoms with Gasteiger partial charge in [0.25, 0.3) is 0 Å². The van der Waals surface area contributed by atoms with Crippen LogP contribution in [0.1, 0.15) is 60.0 Å². The number of piperazine rings is 1. The van der Waals surface area contributed by atoms with Gasteiger partial charge in [-0.3, -0.25) is 9.80 Å². The number of unbranched alkanes of at least 4 members (excludes halogenated alkanes) is 3. The zero-order chi connectivity index (χ0) is 27.3. The van der Waals surface area contributed by atoms with E-state index in [0.29, 0.717) is 49.3 Å². The first-order chi connectivity index (χ1) is 18.0. The van der Waals surface area contributed by atoms with E-state index in [1.54, 1.807) is 12.1 Å². The molecule has 2 bridgehead atoms. The number of fused-ring (bicyclic) bond motifs is 2. The molecular formula is C28H33F5N2O3. The number of benzene rings is 2. The van der Waals surface area contributed by atoms with Crippen LogP contribution in [0.4, 0.5) is 22.0 Å². The number of carboxylic acid groups (broad SMARTS) is 1. The normalized spacial score (nSPS) is 20.2. The standard InChI is InChI=1S/C28H33F5N2O3/c29-27(30,28(31,32)33)13-3-1-2-4-14-38-25-11-7-21(8-12-25)17-35-19-23-15-24(35)18-34(23)16-20-5-9-22(10-6-20)26(36)37/h5-12,23-24H,1-4,13-19H2,(H,36,37)/t23-,24-/m0/s1. The fourth-order valence-corrected chi connectivity index (χ4v) is 5.27. The summed E-state index contributed by atoms with van der Waals surface area (Å²) >= 11 is 0. The number of hydrogen-bond acceptors (Lipinski definition) is 4. The average Bonchev–Trinajstić information content (AvgIpc) is 3.44. The zero-order valence-electron chi connectivity index (χ0n) is 21.1. The molecule has 2 atom stereocenters. The SMILES string of the molecule is O=C(O)c1ccc(CN2C[C@@H]3C[C@H]2CN3Cc2ccc(OCCCCCCC(F)(F)C(F)(F)F)cc2)cc1. The molecule has 5 nitrogen and oxygen atoms in total. The van der Waals surface area contributed by atoms with E-state index in [-0.39, 0.29) is 6.42 Å². The smallest absolute Gasteiger partial charge is 0.453 e. The van der Waals surface area contributed by atoms with Crippen LogP contribution < -0.4 is 4.74 Å². The van der Waals surface area contributed by atoms with Crippen molar-refractivity contribution in [2.75, 3.05) is 19.7 Å². The first kappa shape index (κ1) is 28.3. The van der Waals surface area contributed by atoms with Crippen molar-refractivity contribution >= 4 is 5.97 Å². The van der Waals surface area contributed by atoms with Gasteiger partial charge >= 0.3 is 18.1 Å². The number of carbonyl (C=O) groups is 1. The van der Waals surface area contributed by atoms with E-state index >= 15 is 0 Å². The second-order valence-electron chi connectivity index (χ2n) is 10.3. The van der Waals surface area contributed by atoms with Crippen LogP contribution in [0.5, 0.6) is 5.75 Å². The van der Waals surface area contributed by atoms with Gasteiger partial charge in [-0.25, -0.2) is 4.79 Å². The van der Waals surface area contributed by atoms with E-state index in [0.717, 1.165) is 38.2 Å². The quantitative estimate of drug-likeness (QED) is 0.236. The molecule has 38 heavy (non-hydrogen) atoms. The maximum atomic E-state index is 12.9. The van der Waals surface area contributed by atoms with Crippen LogP contribution in [-0.4, -0.2) is 64.8 Å². The lowest BCUT2D eigenvalue weighted by molar-refractivity contribution is -0.284. The Kier molecular flexibility index (Phi) is 8.92. The van der Waals surface area contributed by atoms with Crippen molar-refractivity contribution in [2.24, 2.45) is 0 Å². The van der Waals surface area contributed by atoms with Gasteiger partial charge in [-0.1, -0.05) is 37.1 Å². The van der Waals surface area contributed by atoms with Crippen LogP contribution >= 0.6 is 0 Å². The Morgan fingerprint density at radius 3 is 1.84 bits per heavy atom. The highest BCUT2D eigenvalue weighted by Crippen LogP contribution is 2.39. The summed E-state index contributed by atoms with van der Waals surface area (Å²) in [6.07, 6.45) is -4.25. The van der Waals surface area contributed by atoms with Gasteiger partial charge in [-0.05, 0) is 54.7 Å². The molecule has 10 heteroatoms. The Morgan fingerprint density at radius 2 is 1.34 bits per heavy atom. The number of rotatable bonds is 13. The van der Waals surface area contributed by atoms with Crippen molar-refractivity contribution in [3.63, 3.8) is 0 Å². The minimum atomic E-state index is -5.48. The molecule has 0 saturated carbocycles. The van der Waals surface area contributed by atoms with Gasteiger partial charge in [0, 0.05) is 44.7 Å². The molecule has 0 spiro atoms. The molecule has 2 aliphatic heterocycles. The van der Waals surface area contributed by atoms with E-state index in [9.17, 15) is 26.7 Å². The van der Waals surface area contributed by atoms with Crippen molar-refractivity contribution in [1.29, 1.82) is 0 Å².